The van der Waals surface area contributed by atoms with Crippen molar-refractivity contribution >= 4 is 17.7 Å². The predicted octanol–water partition coefficient (Wildman–Crippen LogP) is 1.14. The Morgan fingerprint density at radius 1 is 1.83 bits per heavy atom. The second kappa shape index (κ2) is 3.96. The molecule has 0 saturated heterocycles. The molecular formula is C7H8N2O2S. The third-order valence-corrected chi connectivity index (χ3v) is 2.15. The van der Waals surface area contributed by atoms with E-state index >= 15 is 0 Å². The average molecular weight is 184 g/mol. The maximum atomic E-state index is 10.3. The van der Waals surface area contributed by atoms with Crippen LogP contribution in [0.4, 0.5) is 0 Å². The zero-order valence-electron chi connectivity index (χ0n) is 6.28. The lowest BCUT2D eigenvalue weighted by molar-refractivity contribution is -0.132. The number of carboxylic acid groups (broad SMARTS) is 1. The Labute approximate surface area is 73.7 Å². The number of aromatic amines is 1. The van der Waals surface area contributed by atoms with Crippen molar-refractivity contribution in [3.63, 3.8) is 0 Å². The molecule has 1 aromatic heterocycles. The number of hydrogen-bond acceptors (Lipinski definition) is 3. The molecule has 0 radical (unpaired) electrons. The fraction of sp³-hybridized carbons (Fsp3) is 0.143. The highest BCUT2D eigenvalue weighted by Gasteiger charge is 2.04. The minimum absolute atomic E-state index is 0.177. The van der Waals surface area contributed by atoms with Gasteiger partial charge in [0.05, 0.1) is 0 Å². The smallest absolute Gasteiger partial charge is 0.331 e. The number of nitrogens with one attached hydrogen (secondary N) is 1. The summed E-state index contributed by atoms with van der Waals surface area (Å²) in [5.41, 5.74) is 0.177. The van der Waals surface area contributed by atoms with Gasteiger partial charge in [-0.05, 0) is 0 Å². The topological polar surface area (TPSA) is 66.0 Å². The molecule has 1 heterocycles. The second-order valence-electron chi connectivity index (χ2n) is 2.09. The van der Waals surface area contributed by atoms with Crippen LogP contribution in [0, 0.1) is 0 Å². The highest BCUT2D eigenvalue weighted by atomic mass is 32.2. The first-order valence-electron chi connectivity index (χ1n) is 3.23. The van der Waals surface area contributed by atoms with E-state index in [-0.39, 0.29) is 5.57 Å². The molecule has 0 aliphatic heterocycles. The molecule has 64 valence electrons. The molecule has 0 aromatic carbocycles. The molecule has 4 nitrogen and oxygen atoms in total. The van der Waals surface area contributed by atoms with Gasteiger partial charge in [-0.15, -0.1) is 0 Å². The molecule has 2 N–H and O–H groups in total. The summed E-state index contributed by atoms with van der Waals surface area (Å²) < 4.78 is 0. The lowest BCUT2D eigenvalue weighted by Gasteiger charge is -1.96. The molecule has 0 aliphatic carbocycles. The molecule has 0 aliphatic rings. The van der Waals surface area contributed by atoms with Crippen molar-refractivity contribution < 1.29 is 9.90 Å². The minimum atomic E-state index is -0.964. The molecule has 1 rings (SSSR count). The molecule has 0 bridgehead atoms. The van der Waals surface area contributed by atoms with Gasteiger partial charge < -0.3 is 10.1 Å². The third kappa shape index (κ3) is 2.43. The summed E-state index contributed by atoms with van der Waals surface area (Å²) in [5, 5.41) is 9.17. The van der Waals surface area contributed by atoms with Gasteiger partial charge in [0, 0.05) is 23.7 Å². The van der Waals surface area contributed by atoms with E-state index in [1.807, 2.05) is 0 Å². The summed E-state index contributed by atoms with van der Waals surface area (Å²) in [6, 6.07) is 0. The summed E-state index contributed by atoms with van der Waals surface area (Å²) in [6.45, 7) is 3.39. The highest BCUT2D eigenvalue weighted by Crippen LogP contribution is 2.14. The fourth-order valence-electron chi connectivity index (χ4n) is 0.547. The van der Waals surface area contributed by atoms with Crippen LogP contribution in [-0.2, 0) is 4.79 Å². The second-order valence-corrected chi connectivity index (χ2v) is 3.06. The lowest BCUT2D eigenvalue weighted by atomic mass is 10.4. The van der Waals surface area contributed by atoms with Crippen LogP contribution in [0.25, 0.3) is 0 Å². The molecule has 12 heavy (non-hydrogen) atoms. The molecule has 0 spiro atoms. The van der Waals surface area contributed by atoms with E-state index in [1.165, 1.54) is 11.8 Å². The Morgan fingerprint density at radius 2 is 2.58 bits per heavy atom. The van der Waals surface area contributed by atoms with E-state index in [2.05, 4.69) is 16.5 Å². The molecule has 0 amide bonds. The van der Waals surface area contributed by atoms with Gasteiger partial charge in [-0.2, -0.15) is 0 Å². The van der Waals surface area contributed by atoms with E-state index in [9.17, 15) is 4.79 Å². The fourth-order valence-corrected chi connectivity index (χ4v) is 1.27. The van der Waals surface area contributed by atoms with Crippen LogP contribution in [0.2, 0.25) is 0 Å². The maximum absolute atomic E-state index is 10.3. The van der Waals surface area contributed by atoms with Crippen LogP contribution >= 0.6 is 11.8 Å². The van der Waals surface area contributed by atoms with Gasteiger partial charge in [0.2, 0.25) is 0 Å². The van der Waals surface area contributed by atoms with Crippen LogP contribution in [0.3, 0.4) is 0 Å². The van der Waals surface area contributed by atoms with Gasteiger partial charge >= 0.3 is 5.97 Å². The van der Waals surface area contributed by atoms with Crippen molar-refractivity contribution in [3.8, 4) is 0 Å². The highest BCUT2D eigenvalue weighted by molar-refractivity contribution is 7.99. The number of thioether (sulfide) groups is 1. The van der Waals surface area contributed by atoms with Crippen molar-refractivity contribution in [1.29, 1.82) is 0 Å². The number of hydrogen-bond donors (Lipinski definition) is 2. The molecule has 0 unspecified atom stereocenters. The van der Waals surface area contributed by atoms with E-state index in [0.717, 1.165) is 0 Å². The van der Waals surface area contributed by atoms with Crippen molar-refractivity contribution in [2.24, 2.45) is 0 Å². The van der Waals surface area contributed by atoms with Gasteiger partial charge in [-0.3, -0.25) is 0 Å². The normalized spacial score (nSPS) is 9.67. The Kier molecular flexibility index (Phi) is 2.93. The molecule has 0 fully saturated rings. The number of H-pyrrole nitrogens is 1. The van der Waals surface area contributed by atoms with Crippen LogP contribution in [0.1, 0.15) is 0 Å². The summed E-state index contributed by atoms with van der Waals surface area (Å²) in [5.74, 6) is -0.614. The number of aliphatic carboxylic acids is 1. The summed E-state index contributed by atoms with van der Waals surface area (Å²) in [4.78, 5) is 17.1. The summed E-state index contributed by atoms with van der Waals surface area (Å²) in [7, 11) is 0. The number of carbonyl (C=O) groups is 1. The monoisotopic (exact) mass is 184 g/mol. The van der Waals surface area contributed by atoms with Crippen LogP contribution in [0.5, 0.6) is 0 Å². The van der Waals surface area contributed by atoms with Gasteiger partial charge in [-0.1, -0.05) is 18.3 Å². The van der Waals surface area contributed by atoms with Crippen molar-refractivity contribution in [2.75, 3.05) is 5.75 Å². The summed E-state index contributed by atoms with van der Waals surface area (Å²) in [6.07, 6.45) is 3.30. The van der Waals surface area contributed by atoms with E-state index in [0.29, 0.717) is 10.9 Å². The Hall–Kier alpha value is -1.23. The Morgan fingerprint density at radius 3 is 3.08 bits per heavy atom. The SMILES string of the molecule is C=C(CSc1ncc[nH]1)C(=O)O. The number of aromatic nitrogens is 2. The molecule has 0 saturated carbocycles. The Bertz CT molecular complexity index is 282. The van der Waals surface area contributed by atoms with Crippen LogP contribution in [-0.4, -0.2) is 26.8 Å². The number of imidazole rings is 1. The zero-order chi connectivity index (χ0) is 8.97. The van der Waals surface area contributed by atoms with E-state index in [4.69, 9.17) is 5.11 Å². The van der Waals surface area contributed by atoms with E-state index in [1.54, 1.807) is 12.4 Å². The standard InChI is InChI=1S/C7H8N2O2S/c1-5(6(10)11)4-12-7-8-2-3-9-7/h2-3H,1,4H2,(H,8,9)(H,10,11). The van der Waals surface area contributed by atoms with Gasteiger partial charge in [0.1, 0.15) is 0 Å². The first-order valence-corrected chi connectivity index (χ1v) is 4.22. The van der Waals surface area contributed by atoms with Crippen LogP contribution < -0.4 is 0 Å². The number of nitrogens with zero attached hydrogens (tertiary/aromatic N) is 1. The quantitative estimate of drug-likeness (QED) is 0.544. The first-order chi connectivity index (χ1) is 5.70. The molecular weight excluding hydrogens is 176 g/mol. The molecule has 0 atom stereocenters. The predicted molar refractivity (Wildman–Crippen MR) is 46.1 cm³/mol. The lowest BCUT2D eigenvalue weighted by Crippen LogP contribution is -2.01. The van der Waals surface area contributed by atoms with Crippen LogP contribution in [0.15, 0.2) is 29.7 Å². The van der Waals surface area contributed by atoms with Crippen molar-refractivity contribution in [3.05, 3.63) is 24.5 Å². The third-order valence-electron chi connectivity index (χ3n) is 1.16. The molecule has 1 aromatic rings. The van der Waals surface area contributed by atoms with Gasteiger partial charge in [-0.25, -0.2) is 9.78 Å². The average Bonchev–Trinajstić information content (AvgIpc) is 2.51. The number of carboxylic acids is 1. The minimum Gasteiger partial charge on any atom is -0.478 e. The Balaban J connectivity index is 2.37. The zero-order valence-corrected chi connectivity index (χ0v) is 7.10. The first kappa shape index (κ1) is 8.86. The maximum Gasteiger partial charge on any atom is 0.331 e. The summed E-state index contributed by atoms with van der Waals surface area (Å²) >= 11 is 1.32. The van der Waals surface area contributed by atoms with Crippen molar-refractivity contribution in [1.82, 2.24) is 9.97 Å². The van der Waals surface area contributed by atoms with E-state index < -0.39 is 5.97 Å². The largest absolute Gasteiger partial charge is 0.478 e. The van der Waals surface area contributed by atoms with Crippen molar-refractivity contribution in [2.45, 2.75) is 5.16 Å². The van der Waals surface area contributed by atoms with Gasteiger partial charge in [0.25, 0.3) is 0 Å². The molecule has 5 heteroatoms. The van der Waals surface area contributed by atoms with Gasteiger partial charge in [0.15, 0.2) is 5.16 Å². The number of rotatable bonds is 4.